The van der Waals surface area contributed by atoms with Crippen LogP contribution in [-0.4, -0.2) is 64.7 Å². The number of rotatable bonds is 5. The summed E-state index contributed by atoms with van der Waals surface area (Å²) in [5, 5.41) is 7.52. The fourth-order valence-corrected chi connectivity index (χ4v) is 4.34. The summed E-state index contributed by atoms with van der Waals surface area (Å²) >= 11 is 3.30. The molecule has 0 N–H and O–H groups in total. The van der Waals surface area contributed by atoms with Gasteiger partial charge in [0.2, 0.25) is 15.9 Å². The molecule has 1 aromatic heterocycles. The number of aryl methyl sites for hydroxylation is 1. The number of amides is 1. The summed E-state index contributed by atoms with van der Waals surface area (Å²) in [5.74, 6) is -0.00353. The van der Waals surface area contributed by atoms with Crippen LogP contribution in [0.25, 0.3) is 0 Å². The van der Waals surface area contributed by atoms with Gasteiger partial charge in [0.1, 0.15) is 0 Å². The third-order valence-corrected chi connectivity index (χ3v) is 6.51. The Labute approximate surface area is 154 Å². The first-order valence-corrected chi connectivity index (χ1v) is 10.1. The molecule has 0 bridgehead atoms. The summed E-state index contributed by atoms with van der Waals surface area (Å²) < 4.78 is 29.1. The van der Waals surface area contributed by atoms with Gasteiger partial charge >= 0.3 is 0 Å². The van der Waals surface area contributed by atoms with Gasteiger partial charge in [0.25, 0.3) is 0 Å². The molecule has 1 aliphatic heterocycles. The van der Waals surface area contributed by atoms with E-state index in [2.05, 4.69) is 26.2 Å². The van der Waals surface area contributed by atoms with E-state index in [1.54, 1.807) is 46.2 Å². The van der Waals surface area contributed by atoms with E-state index in [4.69, 9.17) is 0 Å². The summed E-state index contributed by atoms with van der Waals surface area (Å²) in [6, 6.07) is 6.57. The first-order valence-electron chi connectivity index (χ1n) is 7.84. The number of carbonyl (C=O) groups is 1. The largest absolute Gasteiger partial charge is 0.340 e. The van der Waals surface area contributed by atoms with Gasteiger partial charge in [0, 0.05) is 43.3 Å². The smallest absolute Gasteiger partial charge is 0.243 e. The van der Waals surface area contributed by atoms with Gasteiger partial charge in [-0.1, -0.05) is 21.1 Å². The number of piperazine rings is 1. The summed E-state index contributed by atoms with van der Waals surface area (Å²) in [4.78, 5) is 14.2. The number of hydrogen-bond acceptors (Lipinski definition) is 5. The standard InChI is InChI=1S/C15H18BrN5O3S/c16-13-1-3-14(4-2-13)25(23,24)21-11-9-19(10-12-21)15(22)5-7-20-8-6-17-18-20/h1-4,6,8H,5,7,9-12H2. The zero-order chi connectivity index (χ0) is 17.9. The van der Waals surface area contributed by atoms with Gasteiger partial charge in [0.15, 0.2) is 0 Å². The van der Waals surface area contributed by atoms with E-state index in [0.29, 0.717) is 39.1 Å². The Hall–Kier alpha value is -1.78. The fourth-order valence-electron chi connectivity index (χ4n) is 2.65. The minimum atomic E-state index is -3.52. The maximum atomic E-state index is 12.6. The molecule has 1 aromatic carbocycles. The lowest BCUT2D eigenvalue weighted by molar-refractivity contribution is -0.132. The summed E-state index contributed by atoms with van der Waals surface area (Å²) in [6.45, 7) is 1.86. The van der Waals surface area contributed by atoms with Gasteiger partial charge in [0.05, 0.1) is 17.6 Å². The summed E-state index contributed by atoms with van der Waals surface area (Å²) in [5.41, 5.74) is 0. The third kappa shape index (κ3) is 4.25. The van der Waals surface area contributed by atoms with Gasteiger partial charge in [-0.2, -0.15) is 4.31 Å². The maximum absolute atomic E-state index is 12.6. The fraction of sp³-hybridized carbons (Fsp3) is 0.400. The van der Waals surface area contributed by atoms with Crippen molar-refractivity contribution in [1.82, 2.24) is 24.2 Å². The van der Waals surface area contributed by atoms with Gasteiger partial charge in [-0.25, -0.2) is 8.42 Å². The second-order valence-electron chi connectivity index (χ2n) is 5.65. The first kappa shape index (κ1) is 18.0. The Kier molecular flexibility index (Phi) is 5.50. The number of nitrogens with zero attached hydrogens (tertiary/aromatic N) is 5. The normalized spacial score (nSPS) is 16.1. The topological polar surface area (TPSA) is 88.4 Å². The molecule has 1 aliphatic rings. The molecule has 1 fully saturated rings. The lowest BCUT2D eigenvalue weighted by Gasteiger charge is -2.34. The number of carbonyl (C=O) groups excluding carboxylic acids is 1. The van der Waals surface area contributed by atoms with Crippen molar-refractivity contribution < 1.29 is 13.2 Å². The average molecular weight is 428 g/mol. The van der Waals surface area contributed by atoms with E-state index in [9.17, 15) is 13.2 Å². The monoisotopic (exact) mass is 427 g/mol. The van der Waals surface area contributed by atoms with Crippen molar-refractivity contribution in [2.24, 2.45) is 0 Å². The molecule has 1 amide bonds. The highest BCUT2D eigenvalue weighted by Gasteiger charge is 2.29. The molecule has 0 spiro atoms. The van der Waals surface area contributed by atoms with Crippen molar-refractivity contribution >= 4 is 31.9 Å². The van der Waals surface area contributed by atoms with Gasteiger partial charge < -0.3 is 4.90 Å². The van der Waals surface area contributed by atoms with Crippen LogP contribution in [-0.2, 0) is 21.4 Å². The van der Waals surface area contributed by atoms with Crippen LogP contribution in [0.2, 0.25) is 0 Å². The van der Waals surface area contributed by atoms with Gasteiger partial charge in [-0.15, -0.1) is 5.10 Å². The lowest BCUT2D eigenvalue weighted by Crippen LogP contribution is -2.50. The van der Waals surface area contributed by atoms with Crippen LogP contribution in [0.5, 0.6) is 0 Å². The minimum absolute atomic E-state index is 0.00353. The van der Waals surface area contributed by atoms with Crippen LogP contribution in [0.3, 0.4) is 0 Å². The highest BCUT2D eigenvalue weighted by Crippen LogP contribution is 2.20. The molecule has 0 atom stereocenters. The molecular weight excluding hydrogens is 410 g/mol. The van der Waals surface area contributed by atoms with Crippen molar-refractivity contribution in [2.45, 2.75) is 17.9 Å². The molecule has 25 heavy (non-hydrogen) atoms. The van der Waals surface area contributed by atoms with Crippen LogP contribution in [0.15, 0.2) is 46.0 Å². The average Bonchev–Trinajstić information content (AvgIpc) is 3.14. The Bertz CT molecular complexity index is 815. The van der Waals surface area contributed by atoms with Crippen LogP contribution < -0.4 is 0 Å². The third-order valence-electron chi connectivity index (χ3n) is 4.07. The first-order chi connectivity index (χ1) is 12.0. The van der Waals surface area contributed by atoms with Crippen molar-refractivity contribution in [3.05, 3.63) is 41.1 Å². The number of sulfonamides is 1. The number of halogens is 1. The highest BCUT2D eigenvalue weighted by atomic mass is 79.9. The Morgan fingerprint density at radius 3 is 2.40 bits per heavy atom. The zero-order valence-electron chi connectivity index (χ0n) is 13.5. The number of aromatic nitrogens is 3. The van der Waals surface area contributed by atoms with Gasteiger partial charge in [-0.3, -0.25) is 9.48 Å². The Morgan fingerprint density at radius 2 is 1.80 bits per heavy atom. The minimum Gasteiger partial charge on any atom is -0.340 e. The van der Waals surface area contributed by atoms with Crippen molar-refractivity contribution in [2.75, 3.05) is 26.2 Å². The van der Waals surface area contributed by atoms with E-state index in [0.717, 1.165) is 4.47 Å². The Balaban J connectivity index is 1.55. The molecule has 1 saturated heterocycles. The highest BCUT2D eigenvalue weighted by molar-refractivity contribution is 9.10. The molecule has 8 nitrogen and oxygen atoms in total. The predicted octanol–water partition coefficient (Wildman–Crippen LogP) is 0.964. The predicted molar refractivity (Wildman–Crippen MR) is 94.1 cm³/mol. The van der Waals surface area contributed by atoms with E-state index in [1.165, 1.54) is 4.31 Å². The van der Waals surface area contributed by atoms with Crippen LogP contribution >= 0.6 is 15.9 Å². The van der Waals surface area contributed by atoms with Crippen molar-refractivity contribution in [3.63, 3.8) is 0 Å². The summed E-state index contributed by atoms with van der Waals surface area (Å²) in [6.07, 6.45) is 3.59. The van der Waals surface area contributed by atoms with Gasteiger partial charge in [-0.05, 0) is 24.3 Å². The van der Waals surface area contributed by atoms with Crippen LogP contribution in [0.1, 0.15) is 6.42 Å². The van der Waals surface area contributed by atoms with E-state index in [1.807, 2.05) is 0 Å². The number of hydrogen-bond donors (Lipinski definition) is 0. The van der Waals surface area contributed by atoms with Crippen molar-refractivity contribution in [3.8, 4) is 0 Å². The van der Waals surface area contributed by atoms with Crippen LogP contribution in [0.4, 0.5) is 0 Å². The SMILES string of the molecule is O=C(CCn1ccnn1)N1CCN(S(=O)(=O)c2ccc(Br)cc2)CC1. The molecular formula is C15H18BrN5O3S. The molecule has 134 valence electrons. The van der Waals surface area contributed by atoms with E-state index < -0.39 is 10.0 Å². The summed E-state index contributed by atoms with van der Waals surface area (Å²) in [7, 11) is -3.52. The Morgan fingerprint density at radius 1 is 1.12 bits per heavy atom. The molecule has 0 saturated carbocycles. The molecule has 0 aliphatic carbocycles. The second-order valence-corrected chi connectivity index (χ2v) is 8.51. The molecule has 0 unspecified atom stereocenters. The van der Waals surface area contributed by atoms with Crippen molar-refractivity contribution in [1.29, 1.82) is 0 Å². The van der Waals surface area contributed by atoms with E-state index in [-0.39, 0.29) is 10.8 Å². The van der Waals surface area contributed by atoms with E-state index >= 15 is 0 Å². The molecule has 2 heterocycles. The second kappa shape index (κ2) is 7.63. The quantitative estimate of drug-likeness (QED) is 0.708. The molecule has 3 rings (SSSR count). The zero-order valence-corrected chi connectivity index (χ0v) is 15.9. The lowest BCUT2D eigenvalue weighted by atomic mass is 10.3. The molecule has 10 heteroatoms. The molecule has 0 radical (unpaired) electrons. The number of benzene rings is 1. The maximum Gasteiger partial charge on any atom is 0.243 e. The van der Waals surface area contributed by atoms with Crippen LogP contribution in [0, 0.1) is 0 Å². The molecule has 2 aromatic rings.